The van der Waals surface area contributed by atoms with Gasteiger partial charge in [-0.1, -0.05) is 6.07 Å². The van der Waals surface area contributed by atoms with Gasteiger partial charge in [-0.25, -0.2) is 15.0 Å². The van der Waals surface area contributed by atoms with Crippen molar-refractivity contribution in [2.45, 2.75) is 20.8 Å². The van der Waals surface area contributed by atoms with Gasteiger partial charge in [-0.15, -0.1) is 22.7 Å². The highest BCUT2D eigenvalue weighted by molar-refractivity contribution is 7.19. The minimum Gasteiger partial charge on any atom is -0.353 e. The van der Waals surface area contributed by atoms with Gasteiger partial charge in [0.05, 0.1) is 10.3 Å². The van der Waals surface area contributed by atoms with Gasteiger partial charge >= 0.3 is 0 Å². The number of aryl methyl sites for hydroxylation is 3. The number of anilines is 2. The van der Waals surface area contributed by atoms with Crippen LogP contribution in [0, 0.1) is 20.8 Å². The third kappa shape index (κ3) is 3.13. The molecule has 0 aromatic carbocycles. The highest BCUT2D eigenvalue weighted by Crippen LogP contribution is 2.37. The second kappa shape index (κ2) is 7.49. The third-order valence-electron chi connectivity index (χ3n) is 6.02. The molecule has 5 aromatic heterocycles. The van der Waals surface area contributed by atoms with E-state index in [1.165, 1.54) is 15.8 Å². The van der Waals surface area contributed by atoms with E-state index in [1.807, 2.05) is 11.4 Å². The minimum atomic E-state index is 0.643. The second-order valence-electron chi connectivity index (χ2n) is 8.01. The number of rotatable bonds is 3. The van der Waals surface area contributed by atoms with Crippen molar-refractivity contribution in [2.75, 3.05) is 36.0 Å². The van der Waals surface area contributed by atoms with E-state index < -0.39 is 0 Å². The lowest BCUT2D eigenvalue weighted by Gasteiger charge is -2.37. The maximum atomic E-state index is 5.07. The van der Waals surface area contributed by atoms with Crippen molar-refractivity contribution in [1.29, 1.82) is 0 Å². The van der Waals surface area contributed by atoms with Crippen LogP contribution in [0.4, 0.5) is 11.6 Å². The fourth-order valence-electron chi connectivity index (χ4n) is 4.26. The molecule has 1 aliphatic heterocycles. The summed E-state index contributed by atoms with van der Waals surface area (Å²) in [6.45, 7) is 9.86. The molecule has 0 radical (unpaired) electrons. The zero-order valence-corrected chi connectivity index (χ0v) is 19.7. The third-order valence-corrected chi connectivity index (χ3v) is 7.98. The van der Waals surface area contributed by atoms with E-state index in [2.05, 4.69) is 62.3 Å². The molecule has 8 nitrogen and oxygen atoms in total. The molecule has 32 heavy (non-hydrogen) atoms. The van der Waals surface area contributed by atoms with Crippen molar-refractivity contribution in [3.63, 3.8) is 0 Å². The van der Waals surface area contributed by atoms with Gasteiger partial charge in [0.15, 0.2) is 5.82 Å². The number of thiophene rings is 2. The summed E-state index contributed by atoms with van der Waals surface area (Å²) < 4.78 is 1.83. The van der Waals surface area contributed by atoms with Gasteiger partial charge in [0, 0.05) is 42.8 Å². The summed E-state index contributed by atoms with van der Waals surface area (Å²) in [7, 11) is 0. The summed E-state index contributed by atoms with van der Waals surface area (Å²) in [5.74, 6) is 3.56. The Bertz CT molecular complexity index is 1430. The maximum Gasteiger partial charge on any atom is 0.254 e. The molecule has 1 fully saturated rings. The Morgan fingerprint density at radius 2 is 1.78 bits per heavy atom. The Balaban J connectivity index is 1.36. The molecule has 6 rings (SSSR count). The quantitative estimate of drug-likeness (QED) is 0.399. The van der Waals surface area contributed by atoms with Crippen LogP contribution in [0.15, 0.2) is 29.9 Å². The van der Waals surface area contributed by atoms with Crippen molar-refractivity contribution < 1.29 is 0 Å². The van der Waals surface area contributed by atoms with Crippen LogP contribution >= 0.6 is 22.7 Å². The van der Waals surface area contributed by atoms with Crippen LogP contribution in [-0.4, -0.2) is 55.7 Å². The van der Waals surface area contributed by atoms with Crippen LogP contribution in [-0.2, 0) is 0 Å². The zero-order valence-electron chi connectivity index (χ0n) is 18.1. The van der Waals surface area contributed by atoms with Crippen LogP contribution in [0.2, 0.25) is 0 Å². The number of fused-ring (bicyclic) bond motifs is 2. The van der Waals surface area contributed by atoms with Gasteiger partial charge in [-0.2, -0.15) is 14.6 Å². The first-order chi connectivity index (χ1) is 15.6. The Morgan fingerprint density at radius 3 is 2.56 bits per heavy atom. The first-order valence-corrected chi connectivity index (χ1v) is 12.3. The molecule has 0 atom stereocenters. The molecule has 0 unspecified atom stereocenters. The largest absolute Gasteiger partial charge is 0.353 e. The molecule has 0 bridgehead atoms. The molecule has 10 heteroatoms. The van der Waals surface area contributed by atoms with Crippen LogP contribution in [0.1, 0.15) is 16.1 Å². The predicted molar refractivity (Wildman–Crippen MR) is 130 cm³/mol. The summed E-state index contributed by atoms with van der Waals surface area (Å²) in [6, 6.07) is 6.23. The van der Waals surface area contributed by atoms with E-state index in [0.29, 0.717) is 5.78 Å². The lowest BCUT2D eigenvalue weighted by atomic mass is 10.2. The van der Waals surface area contributed by atoms with E-state index in [9.17, 15) is 0 Å². The first kappa shape index (κ1) is 19.6. The maximum absolute atomic E-state index is 5.07. The average Bonchev–Trinajstić information content (AvgIpc) is 3.54. The van der Waals surface area contributed by atoms with Gasteiger partial charge in [0.2, 0.25) is 0 Å². The molecular weight excluding hydrogens is 440 g/mol. The number of aromatic nitrogens is 6. The number of piperazine rings is 1. The number of hydrogen-bond donors (Lipinski definition) is 0. The smallest absolute Gasteiger partial charge is 0.254 e. The topological polar surface area (TPSA) is 75.3 Å². The molecule has 1 saturated heterocycles. The molecule has 0 saturated carbocycles. The van der Waals surface area contributed by atoms with E-state index in [4.69, 9.17) is 9.97 Å². The fourth-order valence-corrected chi connectivity index (χ4v) is 5.94. The van der Waals surface area contributed by atoms with Gasteiger partial charge in [0.1, 0.15) is 22.8 Å². The molecule has 6 heterocycles. The van der Waals surface area contributed by atoms with Gasteiger partial charge in [-0.3, -0.25) is 0 Å². The molecular formula is C22H22N8S2. The predicted octanol–water partition coefficient (Wildman–Crippen LogP) is 4.11. The highest BCUT2D eigenvalue weighted by atomic mass is 32.1. The monoisotopic (exact) mass is 462 g/mol. The normalized spacial score (nSPS) is 14.7. The van der Waals surface area contributed by atoms with E-state index >= 15 is 0 Å². The summed E-state index contributed by atoms with van der Waals surface area (Å²) in [6.07, 6.45) is 1.56. The molecule has 0 spiro atoms. The fraction of sp³-hybridized carbons (Fsp3) is 0.318. The molecule has 0 aliphatic carbocycles. The zero-order chi connectivity index (χ0) is 21.8. The minimum absolute atomic E-state index is 0.643. The Morgan fingerprint density at radius 1 is 0.969 bits per heavy atom. The number of nitrogens with zero attached hydrogens (tertiary/aromatic N) is 8. The second-order valence-corrected chi connectivity index (χ2v) is 10.2. The summed E-state index contributed by atoms with van der Waals surface area (Å²) in [5, 5.41) is 7.65. The van der Waals surface area contributed by atoms with Crippen molar-refractivity contribution in [1.82, 2.24) is 29.5 Å². The SMILES string of the molecule is Cc1cc(N2CCN(c3nc(-c4cccs4)nc4sc(C)c(C)c34)CC2)n2ncnc2n1. The Labute approximate surface area is 193 Å². The average molecular weight is 463 g/mol. The van der Waals surface area contributed by atoms with Crippen LogP contribution in [0.3, 0.4) is 0 Å². The van der Waals surface area contributed by atoms with Crippen molar-refractivity contribution in [3.05, 3.63) is 46.0 Å². The van der Waals surface area contributed by atoms with Crippen LogP contribution in [0.5, 0.6) is 0 Å². The Hall–Kier alpha value is -3.11. The molecule has 5 aromatic rings. The molecule has 1 aliphatic rings. The van der Waals surface area contributed by atoms with E-state index in [1.54, 1.807) is 29.0 Å². The van der Waals surface area contributed by atoms with Gasteiger partial charge in [-0.05, 0) is 37.8 Å². The number of hydrogen-bond acceptors (Lipinski definition) is 9. The molecule has 0 N–H and O–H groups in total. The van der Waals surface area contributed by atoms with Crippen molar-refractivity contribution in [3.8, 4) is 10.7 Å². The highest BCUT2D eigenvalue weighted by Gasteiger charge is 2.25. The van der Waals surface area contributed by atoms with Gasteiger partial charge < -0.3 is 9.80 Å². The summed E-state index contributed by atoms with van der Waals surface area (Å²) >= 11 is 3.44. The van der Waals surface area contributed by atoms with Crippen LogP contribution < -0.4 is 9.80 Å². The lowest BCUT2D eigenvalue weighted by molar-refractivity contribution is 0.634. The van der Waals surface area contributed by atoms with Crippen molar-refractivity contribution >= 4 is 50.3 Å². The van der Waals surface area contributed by atoms with Gasteiger partial charge in [0.25, 0.3) is 5.78 Å². The van der Waals surface area contributed by atoms with E-state index in [-0.39, 0.29) is 0 Å². The standard InChI is InChI=1S/C22H22N8S2/c1-13-11-17(30-22(25-13)23-12-24-30)28-6-8-29(9-7-28)20-18-14(2)15(3)32-21(18)27-19(26-20)16-5-4-10-31-16/h4-5,10-12H,6-9H2,1-3H3. The van der Waals surface area contributed by atoms with Crippen molar-refractivity contribution in [2.24, 2.45) is 0 Å². The lowest BCUT2D eigenvalue weighted by Crippen LogP contribution is -2.47. The Kier molecular flexibility index (Phi) is 4.58. The summed E-state index contributed by atoms with van der Waals surface area (Å²) in [5.41, 5.74) is 2.24. The summed E-state index contributed by atoms with van der Waals surface area (Å²) in [4.78, 5) is 27.0. The van der Waals surface area contributed by atoms with Crippen LogP contribution in [0.25, 0.3) is 26.7 Å². The molecule has 0 amide bonds. The molecule has 162 valence electrons. The van der Waals surface area contributed by atoms with E-state index in [0.717, 1.165) is 59.0 Å². The first-order valence-electron chi connectivity index (χ1n) is 10.6.